The van der Waals surface area contributed by atoms with Crippen molar-refractivity contribution in [3.05, 3.63) is 64.7 Å². The summed E-state index contributed by atoms with van der Waals surface area (Å²) in [6.45, 7) is 5.27. The number of anilines is 2. The van der Waals surface area contributed by atoms with Crippen LogP contribution in [-0.4, -0.2) is 32.8 Å². The number of nitrogens with zero attached hydrogens (tertiary/aromatic N) is 1. The zero-order valence-electron chi connectivity index (χ0n) is 16.7. The van der Waals surface area contributed by atoms with Gasteiger partial charge in [-0.25, -0.2) is 17.4 Å². The van der Waals surface area contributed by atoms with E-state index in [0.29, 0.717) is 17.7 Å². The smallest absolute Gasteiger partial charge is 0.330 e. The van der Waals surface area contributed by atoms with Gasteiger partial charge in [0, 0.05) is 0 Å². The second-order valence-electron chi connectivity index (χ2n) is 7.04. The molecule has 0 radical (unpaired) electrons. The van der Waals surface area contributed by atoms with Crippen molar-refractivity contribution in [2.75, 3.05) is 14.8 Å². The lowest BCUT2D eigenvalue weighted by atomic mass is 9.98. The van der Waals surface area contributed by atoms with Crippen molar-refractivity contribution < 1.29 is 27.0 Å². The van der Waals surface area contributed by atoms with Gasteiger partial charge in [0.25, 0.3) is 0 Å². The van der Waals surface area contributed by atoms with E-state index in [-0.39, 0.29) is 17.2 Å². The Morgan fingerprint density at radius 2 is 1.83 bits per heavy atom. The van der Waals surface area contributed by atoms with E-state index in [9.17, 15) is 27.0 Å². The highest BCUT2D eigenvalue weighted by atomic mass is 32.2. The van der Waals surface area contributed by atoms with Gasteiger partial charge in [0.15, 0.2) is 0 Å². The van der Waals surface area contributed by atoms with Crippen LogP contribution in [0.5, 0.6) is 5.75 Å². The molecule has 11 heteroatoms. The van der Waals surface area contributed by atoms with Gasteiger partial charge in [0.1, 0.15) is 11.4 Å². The standard InChI is InChI=1S/C19H23N3O6S2/c1-4-29(25,26)21-19-13(3)7-12(2)8-15(19)9-14-5-6-16(17(23)10-14)22-11-18(24)20-30(22,27)28/h5-8,10-11,20-21,23-24H,4,9H2,1-3H3. The van der Waals surface area contributed by atoms with Crippen LogP contribution in [0.1, 0.15) is 29.2 Å². The van der Waals surface area contributed by atoms with Gasteiger partial charge in [-0.05, 0) is 56.0 Å². The van der Waals surface area contributed by atoms with E-state index in [1.54, 1.807) is 13.0 Å². The second-order valence-corrected chi connectivity index (χ2v) is 10.6. The molecule has 1 aliphatic heterocycles. The lowest BCUT2D eigenvalue weighted by Crippen LogP contribution is -2.29. The first-order valence-electron chi connectivity index (χ1n) is 9.07. The quantitative estimate of drug-likeness (QED) is 0.530. The second kappa shape index (κ2) is 7.73. The van der Waals surface area contributed by atoms with Crippen molar-refractivity contribution in [3.8, 4) is 5.75 Å². The highest BCUT2D eigenvalue weighted by molar-refractivity contribution is 7.92. The monoisotopic (exact) mass is 453 g/mol. The third kappa shape index (κ3) is 4.46. The van der Waals surface area contributed by atoms with Crippen LogP contribution in [-0.2, 0) is 26.7 Å². The van der Waals surface area contributed by atoms with Crippen LogP contribution < -0.4 is 13.7 Å². The van der Waals surface area contributed by atoms with Crippen molar-refractivity contribution in [1.82, 2.24) is 4.72 Å². The molecule has 4 N–H and O–H groups in total. The van der Waals surface area contributed by atoms with Crippen molar-refractivity contribution >= 4 is 31.6 Å². The number of sulfonamides is 1. The minimum absolute atomic E-state index is 0.0253. The van der Waals surface area contributed by atoms with Crippen LogP contribution >= 0.6 is 0 Å². The number of aliphatic hydroxyl groups excluding tert-OH is 1. The number of hydrogen-bond acceptors (Lipinski definition) is 6. The number of hydrogen-bond donors (Lipinski definition) is 4. The molecule has 0 atom stereocenters. The predicted molar refractivity (Wildman–Crippen MR) is 115 cm³/mol. The molecule has 0 saturated heterocycles. The Morgan fingerprint density at radius 3 is 2.40 bits per heavy atom. The average molecular weight is 454 g/mol. The maximum absolute atomic E-state index is 12.1. The first-order chi connectivity index (χ1) is 13.9. The number of phenols is 1. The normalized spacial score (nSPS) is 15.6. The maximum atomic E-state index is 12.1. The molecule has 2 aromatic rings. The number of nitrogens with one attached hydrogen (secondary N) is 2. The lowest BCUT2D eigenvalue weighted by Gasteiger charge is -2.18. The summed E-state index contributed by atoms with van der Waals surface area (Å²) in [6, 6.07) is 8.19. The molecule has 30 heavy (non-hydrogen) atoms. The summed E-state index contributed by atoms with van der Waals surface area (Å²) >= 11 is 0. The number of aliphatic hydroxyl groups is 1. The van der Waals surface area contributed by atoms with E-state index in [1.807, 2.05) is 30.7 Å². The highest BCUT2D eigenvalue weighted by Gasteiger charge is 2.30. The average Bonchev–Trinajstić information content (AvgIpc) is 2.90. The van der Waals surface area contributed by atoms with E-state index in [4.69, 9.17) is 0 Å². The van der Waals surface area contributed by atoms with Gasteiger partial charge in [-0.3, -0.25) is 4.72 Å². The van der Waals surface area contributed by atoms with Gasteiger partial charge in [-0.2, -0.15) is 8.42 Å². The van der Waals surface area contributed by atoms with E-state index in [0.717, 1.165) is 27.2 Å². The molecule has 0 spiro atoms. The molecule has 2 aromatic carbocycles. The fourth-order valence-corrected chi connectivity index (χ4v) is 5.06. The molecule has 0 saturated carbocycles. The maximum Gasteiger partial charge on any atom is 0.330 e. The third-order valence-electron chi connectivity index (χ3n) is 4.60. The zero-order chi connectivity index (χ0) is 22.3. The number of aromatic hydroxyl groups is 1. The predicted octanol–water partition coefficient (Wildman–Crippen LogP) is 2.37. The number of phenolic OH excluding ortho intramolecular Hbond substituents is 1. The number of aryl methyl sites for hydroxylation is 2. The fourth-order valence-electron chi connectivity index (χ4n) is 3.24. The Hall–Kier alpha value is -2.92. The molecule has 0 aromatic heterocycles. The topological polar surface area (TPSA) is 136 Å². The van der Waals surface area contributed by atoms with Crippen LogP contribution in [0.2, 0.25) is 0 Å². The Balaban J connectivity index is 1.97. The zero-order valence-corrected chi connectivity index (χ0v) is 18.3. The molecular formula is C19H23N3O6S2. The molecule has 0 unspecified atom stereocenters. The van der Waals surface area contributed by atoms with E-state index in [2.05, 4.69) is 4.72 Å². The lowest BCUT2D eigenvalue weighted by molar-refractivity contribution is 0.392. The van der Waals surface area contributed by atoms with E-state index in [1.165, 1.54) is 12.1 Å². The van der Waals surface area contributed by atoms with Gasteiger partial charge < -0.3 is 10.2 Å². The van der Waals surface area contributed by atoms with Crippen LogP contribution in [0.3, 0.4) is 0 Å². The van der Waals surface area contributed by atoms with Gasteiger partial charge in [0.2, 0.25) is 15.9 Å². The van der Waals surface area contributed by atoms with Crippen molar-refractivity contribution in [1.29, 1.82) is 0 Å². The Kier molecular flexibility index (Phi) is 5.61. The SMILES string of the molecule is CCS(=O)(=O)Nc1c(C)cc(C)cc1Cc1ccc(N2C=C(O)NS2(=O)=O)c(O)c1. The summed E-state index contributed by atoms with van der Waals surface area (Å²) < 4.78 is 53.5. The summed E-state index contributed by atoms with van der Waals surface area (Å²) in [5.74, 6) is -0.918. The minimum Gasteiger partial charge on any atom is -0.506 e. The van der Waals surface area contributed by atoms with Crippen molar-refractivity contribution in [2.24, 2.45) is 0 Å². The first-order valence-corrected chi connectivity index (χ1v) is 12.2. The molecule has 1 aliphatic rings. The largest absolute Gasteiger partial charge is 0.506 e. The summed E-state index contributed by atoms with van der Waals surface area (Å²) in [6.07, 6.45) is 1.26. The summed E-state index contributed by atoms with van der Waals surface area (Å²) in [5.41, 5.74) is 3.57. The first kappa shape index (κ1) is 21.8. The van der Waals surface area contributed by atoms with Crippen molar-refractivity contribution in [2.45, 2.75) is 27.2 Å². The Morgan fingerprint density at radius 1 is 1.13 bits per heavy atom. The summed E-state index contributed by atoms with van der Waals surface area (Å²) in [7, 11) is -7.50. The van der Waals surface area contributed by atoms with E-state index >= 15 is 0 Å². The van der Waals surface area contributed by atoms with Gasteiger partial charge >= 0.3 is 10.2 Å². The molecule has 9 nitrogen and oxygen atoms in total. The van der Waals surface area contributed by atoms with E-state index < -0.39 is 26.1 Å². The van der Waals surface area contributed by atoms with Gasteiger partial charge in [0.05, 0.1) is 17.6 Å². The molecule has 0 bridgehead atoms. The van der Waals surface area contributed by atoms with Gasteiger partial charge in [-0.1, -0.05) is 23.8 Å². The van der Waals surface area contributed by atoms with Crippen molar-refractivity contribution in [3.63, 3.8) is 0 Å². The molecule has 0 aliphatic carbocycles. The van der Waals surface area contributed by atoms with Crippen LogP contribution in [0, 0.1) is 13.8 Å². The molecule has 0 fully saturated rings. The third-order valence-corrected chi connectivity index (χ3v) is 7.17. The Labute approximate surface area is 175 Å². The fraction of sp³-hybridized carbons (Fsp3) is 0.263. The van der Waals surface area contributed by atoms with Crippen LogP contribution in [0.15, 0.2) is 42.4 Å². The molecule has 0 amide bonds. The molecule has 162 valence electrons. The number of benzene rings is 2. The summed E-state index contributed by atoms with van der Waals surface area (Å²) in [4.78, 5) is 0. The Bertz CT molecular complexity index is 1240. The summed E-state index contributed by atoms with van der Waals surface area (Å²) in [5, 5.41) is 19.8. The highest BCUT2D eigenvalue weighted by Crippen LogP contribution is 2.34. The van der Waals surface area contributed by atoms with Crippen LogP contribution in [0.4, 0.5) is 11.4 Å². The molecule has 1 heterocycles. The molecule has 3 rings (SSSR count). The van der Waals surface area contributed by atoms with Crippen LogP contribution in [0.25, 0.3) is 0 Å². The minimum atomic E-state index is -4.02. The van der Waals surface area contributed by atoms with Gasteiger partial charge in [-0.15, -0.1) is 0 Å². The molecular weight excluding hydrogens is 430 g/mol. The number of rotatable bonds is 6.